The molecule has 3 aromatic rings. The maximum atomic E-state index is 12.5. The summed E-state index contributed by atoms with van der Waals surface area (Å²) in [7, 11) is -0.596. The smallest absolute Gasteiger partial charge is 0.328 e. The number of amides is 1. The Labute approximate surface area is 148 Å². The van der Waals surface area contributed by atoms with Crippen LogP contribution in [0.15, 0.2) is 45.4 Å². The highest BCUT2D eigenvalue weighted by atomic mass is 32.2. The van der Waals surface area contributed by atoms with Crippen LogP contribution in [0.5, 0.6) is 0 Å². The summed E-state index contributed by atoms with van der Waals surface area (Å²) in [6, 6.07) is 8.15. The number of benzene rings is 1. The van der Waals surface area contributed by atoms with Gasteiger partial charge in [-0.2, -0.15) is 0 Å². The van der Waals surface area contributed by atoms with Crippen LogP contribution in [-0.2, 0) is 35.3 Å². The van der Waals surface area contributed by atoms with E-state index in [1.807, 2.05) is 17.5 Å². The molecule has 0 aliphatic heterocycles. The molecular weight excluding hydrogens is 362 g/mol. The lowest BCUT2D eigenvalue weighted by atomic mass is 10.3. The van der Waals surface area contributed by atoms with E-state index in [9.17, 15) is 18.0 Å². The molecule has 0 fully saturated rings. The fraction of sp³-hybridized carbons (Fsp3) is 0.250. The Balaban J connectivity index is 1.82. The van der Waals surface area contributed by atoms with Gasteiger partial charge in [0, 0.05) is 19.0 Å². The van der Waals surface area contributed by atoms with Gasteiger partial charge in [-0.05, 0) is 29.6 Å². The topological polar surface area (TPSA) is 90.2 Å². The Kier molecular flexibility index (Phi) is 4.53. The van der Waals surface area contributed by atoms with Crippen LogP contribution in [0, 0.1) is 0 Å². The van der Waals surface area contributed by atoms with Gasteiger partial charge in [0.05, 0.1) is 22.5 Å². The van der Waals surface area contributed by atoms with E-state index < -0.39 is 21.5 Å². The van der Waals surface area contributed by atoms with Crippen molar-refractivity contribution in [3.05, 3.63) is 51.1 Å². The van der Waals surface area contributed by atoms with E-state index in [-0.39, 0.29) is 10.6 Å². The molecule has 0 atom stereocenters. The number of aromatic nitrogens is 2. The van der Waals surface area contributed by atoms with Gasteiger partial charge in [-0.3, -0.25) is 13.9 Å². The molecule has 0 aliphatic rings. The van der Waals surface area contributed by atoms with Gasteiger partial charge >= 0.3 is 5.69 Å². The fourth-order valence-electron chi connectivity index (χ4n) is 2.59. The van der Waals surface area contributed by atoms with Crippen LogP contribution >= 0.6 is 11.3 Å². The van der Waals surface area contributed by atoms with Crippen molar-refractivity contribution >= 4 is 38.1 Å². The molecule has 1 aromatic carbocycles. The molecule has 3 rings (SSSR count). The zero-order chi connectivity index (χ0) is 18.2. The van der Waals surface area contributed by atoms with Crippen molar-refractivity contribution in [2.45, 2.75) is 11.4 Å². The number of nitrogens with zero attached hydrogens (tertiary/aromatic N) is 2. The molecular formula is C16H17N3O4S2. The Morgan fingerprint density at radius 1 is 1.16 bits per heavy atom. The maximum Gasteiger partial charge on any atom is 0.328 e. The number of hydrogen-bond acceptors (Lipinski definition) is 5. The van der Waals surface area contributed by atoms with Crippen LogP contribution in [-0.4, -0.2) is 29.2 Å². The van der Waals surface area contributed by atoms with E-state index in [0.717, 1.165) is 4.88 Å². The molecule has 132 valence electrons. The third-order valence-electron chi connectivity index (χ3n) is 3.96. The minimum atomic E-state index is -3.80. The first kappa shape index (κ1) is 17.4. The maximum absolute atomic E-state index is 12.5. The predicted octanol–water partition coefficient (Wildman–Crippen LogP) is 1.03. The first-order valence-electron chi connectivity index (χ1n) is 7.47. The van der Waals surface area contributed by atoms with E-state index in [0.29, 0.717) is 17.6 Å². The van der Waals surface area contributed by atoms with E-state index in [1.54, 1.807) is 20.2 Å². The standard InChI is InChI=1S/C16H17N3O4S2/c1-18-13-6-5-12(8-14(13)19(2)16(18)21)25(22,23)10-15(20)17-9-11-4-3-7-24-11/h3-8H,9-10H2,1-2H3,(H,17,20). The van der Waals surface area contributed by atoms with Crippen LogP contribution in [0.4, 0.5) is 0 Å². The number of fused-ring (bicyclic) bond motifs is 1. The first-order valence-corrected chi connectivity index (χ1v) is 10.00. The molecule has 0 aliphatic carbocycles. The predicted molar refractivity (Wildman–Crippen MR) is 96.4 cm³/mol. The Morgan fingerprint density at radius 2 is 1.88 bits per heavy atom. The lowest BCUT2D eigenvalue weighted by molar-refractivity contribution is -0.118. The van der Waals surface area contributed by atoms with Crippen molar-refractivity contribution in [3.8, 4) is 0 Å². The second-order valence-corrected chi connectivity index (χ2v) is 8.69. The zero-order valence-corrected chi connectivity index (χ0v) is 15.4. The number of carbonyl (C=O) groups is 1. The second-order valence-electron chi connectivity index (χ2n) is 5.67. The highest BCUT2D eigenvalue weighted by Gasteiger charge is 2.21. The molecule has 0 spiro atoms. The van der Waals surface area contributed by atoms with Crippen molar-refractivity contribution in [1.82, 2.24) is 14.5 Å². The van der Waals surface area contributed by atoms with Crippen LogP contribution in [0.1, 0.15) is 4.88 Å². The summed E-state index contributed by atoms with van der Waals surface area (Å²) in [6.07, 6.45) is 0. The van der Waals surface area contributed by atoms with E-state index in [4.69, 9.17) is 0 Å². The average molecular weight is 379 g/mol. The van der Waals surface area contributed by atoms with Gasteiger partial charge in [0.25, 0.3) is 0 Å². The van der Waals surface area contributed by atoms with Crippen molar-refractivity contribution < 1.29 is 13.2 Å². The summed E-state index contributed by atoms with van der Waals surface area (Å²) in [5, 5.41) is 4.49. The first-order chi connectivity index (χ1) is 11.8. The monoisotopic (exact) mass is 379 g/mol. The van der Waals surface area contributed by atoms with Crippen molar-refractivity contribution in [1.29, 1.82) is 0 Å². The molecule has 1 N–H and O–H groups in total. The Bertz CT molecular complexity index is 1090. The Hall–Kier alpha value is -2.39. The van der Waals surface area contributed by atoms with Crippen LogP contribution < -0.4 is 11.0 Å². The minimum Gasteiger partial charge on any atom is -0.350 e. The van der Waals surface area contributed by atoms with Crippen molar-refractivity contribution in [2.24, 2.45) is 14.1 Å². The number of imidazole rings is 1. The minimum absolute atomic E-state index is 0.0208. The number of nitrogens with one attached hydrogen (secondary N) is 1. The van der Waals surface area contributed by atoms with E-state index >= 15 is 0 Å². The largest absolute Gasteiger partial charge is 0.350 e. The SMILES string of the molecule is Cn1c(=O)n(C)c2cc(S(=O)(=O)CC(=O)NCc3cccs3)ccc21. The third kappa shape index (κ3) is 3.38. The summed E-state index contributed by atoms with van der Waals surface area (Å²) in [4.78, 5) is 24.9. The summed E-state index contributed by atoms with van der Waals surface area (Å²) in [5.74, 6) is -1.19. The molecule has 7 nitrogen and oxygen atoms in total. The molecule has 0 saturated carbocycles. The van der Waals surface area contributed by atoms with Gasteiger partial charge < -0.3 is 5.32 Å². The number of hydrogen-bond donors (Lipinski definition) is 1. The van der Waals surface area contributed by atoms with E-state index in [2.05, 4.69) is 5.32 Å². The molecule has 0 saturated heterocycles. The fourth-order valence-corrected chi connectivity index (χ4v) is 4.41. The molecule has 0 radical (unpaired) electrons. The number of carbonyl (C=O) groups excluding carboxylic acids is 1. The van der Waals surface area contributed by atoms with Crippen LogP contribution in [0.2, 0.25) is 0 Å². The summed E-state index contributed by atoms with van der Waals surface area (Å²) < 4.78 is 27.8. The summed E-state index contributed by atoms with van der Waals surface area (Å²) in [5.41, 5.74) is 0.902. The number of thiophene rings is 1. The van der Waals surface area contributed by atoms with E-state index in [1.165, 1.54) is 32.6 Å². The van der Waals surface area contributed by atoms with Crippen molar-refractivity contribution in [3.63, 3.8) is 0 Å². The average Bonchev–Trinajstić information content (AvgIpc) is 3.16. The van der Waals surface area contributed by atoms with Gasteiger partial charge in [-0.15, -0.1) is 11.3 Å². The molecule has 25 heavy (non-hydrogen) atoms. The Morgan fingerprint density at radius 3 is 2.56 bits per heavy atom. The number of aryl methyl sites for hydroxylation is 2. The molecule has 9 heteroatoms. The number of sulfone groups is 1. The normalized spacial score (nSPS) is 11.8. The van der Waals surface area contributed by atoms with Gasteiger partial charge in [0.2, 0.25) is 5.91 Å². The molecule has 2 aromatic heterocycles. The van der Waals surface area contributed by atoms with Gasteiger partial charge in [0.1, 0.15) is 5.75 Å². The molecule has 2 heterocycles. The quantitative estimate of drug-likeness (QED) is 0.717. The summed E-state index contributed by atoms with van der Waals surface area (Å²) in [6.45, 7) is 0.304. The molecule has 0 bridgehead atoms. The van der Waals surface area contributed by atoms with Gasteiger partial charge in [0.15, 0.2) is 9.84 Å². The van der Waals surface area contributed by atoms with Crippen LogP contribution in [0.25, 0.3) is 11.0 Å². The third-order valence-corrected chi connectivity index (χ3v) is 6.45. The lowest BCUT2D eigenvalue weighted by Gasteiger charge is -2.06. The highest BCUT2D eigenvalue weighted by molar-refractivity contribution is 7.92. The zero-order valence-electron chi connectivity index (χ0n) is 13.7. The van der Waals surface area contributed by atoms with Crippen LogP contribution in [0.3, 0.4) is 0 Å². The summed E-state index contributed by atoms with van der Waals surface area (Å²) >= 11 is 1.49. The van der Waals surface area contributed by atoms with Crippen molar-refractivity contribution in [2.75, 3.05) is 5.75 Å². The molecule has 0 unspecified atom stereocenters. The second kappa shape index (κ2) is 6.49. The molecule has 1 amide bonds. The van der Waals surface area contributed by atoms with Gasteiger partial charge in [-0.25, -0.2) is 13.2 Å². The lowest BCUT2D eigenvalue weighted by Crippen LogP contribution is -2.29. The highest BCUT2D eigenvalue weighted by Crippen LogP contribution is 2.19. The number of rotatable bonds is 5. The van der Waals surface area contributed by atoms with Gasteiger partial charge in [-0.1, -0.05) is 6.07 Å².